The van der Waals surface area contributed by atoms with E-state index in [0.29, 0.717) is 16.3 Å². The van der Waals surface area contributed by atoms with Gasteiger partial charge in [-0.15, -0.1) is 0 Å². The molecular weight excluding hydrogens is 164 g/mol. The summed E-state index contributed by atoms with van der Waals surface area (Å²) in [6.07, 6.45) is 5.00. The minimum absolute atomic E-state index is 0.303. The first-order chi connectivity index (χ1) is 4.74. The van der Waals surface area contributed by atoms with Crippen LogP contribution in [0.1, 0.15) is 19.3 Å². The van der Waals surface area contributed by atoms with Crippen LogP contribution in [-0.4, -0.2) is 16.6 Å². The Kier molecular flexibility index (Phi) is 3.11. The minimum Gasteiger partial charge on any atom is -0.287 e. The lowest BCUT2D eigenvalue weighted by Crippen LogP contribution is -2.06. The lowest BCUT2D eigenvalue weighted by molar-refractivity contribution is -0.114. The smallest absolute Gasteiger partial charge is 0.191 e. The average Bonchev–Trinajstić information content (AvgIpc) is 2.34. The molecule has 1 saturated carbocycles. The quantitative estimate of drug-likeness (QED) is 0.615. The van der Waals surface area contributed by atoms with Crippen LogP contribution in [0.15, 0.2) is 0 Å². The van der Waals surface area contributed by atoms with E-state index in [0.717, 1.165) is 19.3 Å². The molecule has 0 heterocycles. The molecule has 0 aromatic rings. The van der Waals surface area contributed by atoms with Crippen molar-refractivity contribution in [3.05, 3.63) is 0 Å². The highest BCUT2D eigenvalue weighted by atomic mass is 32.2. The maximum Gasteiger partial charge on any atom is 0.191 e. The van der Waals surface area contributed by atoms with Crippen molar-refractivity contribution in [2.75, 3.05) is 6.26 Å². The Balaban J connectivity index is 2.37. The van der Waals surface area contributed by atoms with Gasteiger partial charge in [0.15, 0.2) is 5.12 Å². The van der Waals surface area contributed by atoms with Gasteiger partial charge in [0.1, 0.15) is 0 Å². The van der Waals surface area contributed by atoms with Crippen LogP contribution in [0.4, 0.5) is 0 Å². The SMILES string of the molecule is CSC(=O)C1CCC(S)C1. The molecule has 3 heteroatoms. The molecule has 1 nitrogen and oxygen atoms in total. The molecule has 1 rings (SSSR count). The molecule has 0 bridgehead atoms. The van der Waals surface area contributed by atoms with E-state index < -0.39 is 0 Å². The van der Waals surface area contributed by atoms with Gasteiger partial charge in [-0.2, -0.15) is 12.6 Å². The van der Waals surface area contributed by atoms with Crippen molar-refractivity contribution < 1.29 is 4.79 Å². The van der Waals surface area contributed by atoms with E-state index in [1.165, 1.54) is 11.8 Å². The average molecular weight is 176 g/mol. The highest BCUT2D eigenvalue weighted by molar-refractivity contribution is 8.13. The molecule has 1 fully saturated rings. The first-order valence-corrected chi connectivity index (χ1v) is 5.24. The second kappa shape index (κ2) is 3.67. The van der Waals surface area contributed by atoms with Crippen molar-refractivity contribution in [3.63, 3.8) is 0 Å². The van der Waals surface area contributed by atoms with Gasteiger partial charge in [0, 0.05) is 11.2 Å². The number of rotatable bonds is 1. The summed E-state index contributed by atoms with van der Waals surface area (Å²) in [6.45, 7) is 0. The van der Waals surface area contributed by atoms with Gasteiger partial charge in [0.05, 0.1) is 0 Å². The van der Waals surface area contributed by atoms with Crippen molar-refractivity contribution in [1.29, 1.82) is 0 Å². The molecule has 2 atom stereocenters. The molecule has 1 aliphatic carbocycles. The standard InChI is InChI=1S/C7H12OS2/c1-10-7(8)5-2-3-6(9)4-5/h5-6,9H,2-4H2,1H3. The third-order valence-electron chi connectivity index (χ3n) is 1.94. The van der Waals surface area contributed by atoms with E-state index in [1.54, 1.807) is 0 Å². The maximum atomic E-state index is 11.1. The maximum absolute atomic E-state index is 11.1. The predicted octanol–water partition coefficient (Wildman–Crippen LogP) is 1.97. The zero-order chi connectivity index (χ0) is 7.56. The molecule has 0 spiro atoms. The van der Waals surface area contributed by atoms with Gasteiger partial charge in [-0.3, -0.25) is 4.79 Å². The summed E-state index contributed by atoms with van der Waals surface area (Å²) in [7, 11) is 0. The molecule has 1 aliphatic rings. The molecule has 0 aromatic carbocycles. The van der Waals surface area contributed by atoms with Crippen LogP contribution in [-0.2, 0) is 4.79 Å². The van der Waals surface area contributed by atoms with Crippen LogP contribution in [0.2, 0.25) is 0 Å². The lowest BCUT2D eigenvalue weighted by Gasteiger charge is -2.03. The molecule has 0 aromatic heterocycles. The molecule has 0 radical (unpaired) electrons. The van der Waals surface area contributed by atoms with Gasteiger partial charge >= 0.3 is 0 Å². The van der Waals surface area contributed by atoms with Gasteiger partial charge in [-0.1, -0.05) is 11.8 Å². The highest BCUT2D eigenvalue weighted by Gasteiger charge is 2.26. The van der Waals surface area contributed by atoms with Crippen molar-refractivity contribution in [3.8, 4) is 0 Å². The Morgan fingerprint density at radius 2 is 2.30 bits per heavy atom. The Morgan fingerprint density at radius 1 is 1.60 bits per heavy atom. The van der Waals surface area contributed by atoms with Crippen LogP contribution < -0.4 is 0 Å². The summed E-state index contributed by atoms with van der Waals surface area (Å²) in [4.78, 5) is 11.1. The summed E-state index contributed by atoms with van der Waals surface area (Å²) in [5, 5.41) is 0.817. The third kappa shape index (κ3) is 1.92. The predicted molar refractivity (Wildman–Crippen MR) is 48.6 cm³/mol. The Labute approximate surface area is 71.4 Å². The summed E-state index contributed by atoms with van der Waals surface area (Å²) in [5.41, 5.74) is 0. The van der Waals surface area contributed by atoms with E-state index in [2.05, 4.69) is 12.6 Å². The summed E-state index contributed by atoms with van der Waals surface area (Å²) in [5.74, 6) is 0.303. The van der Waals surface area contributed by atoms with Crippen LogP contribution in [0.3, 0.4) is 0 Å². The number of thiol groups is 1. The fourth-order valence-electron chi connectivity index (χ4n) is 1.34. The fraction of sp³-hybridized carbons (Fsp3) is 0.857. The van der Waals surface area contributed by atoms with E-state index in [-0.39, 0.29) is 0 Å². The Morgan fingerprint density at radius 3 is 2.70 bits per heavy atom. The second-order valence-corrected chi connectivity index (χ2v) is 4.23. The van der Waals surface area contributed by atoms with Gasteiger partial charge in [-0.05, 0) is 25.5 Å². The van der Waals surface area contributed by atoms with Crippen LogP contribution in [0.25, 0.3) is 0 Å². The number of hydrogen-bond donors (Lipinski definition) is 1. The van der Waals surface area contributed by atoms with Crippen molar-refractivity contribution in [1.82, 2.24) is 0 Å². The molecule has 10 heavy (non-hydrogen) atoms. The Bertz CT molecular complexity index is 136. The first-order valence-electron chi connectivity index (χ1n) is 3.50. The molecule has 0 aliphatic heterocycles. The van der Waals surface area contributed by atoms with Crippen LogP contribution in [0.5, 0.6) is 0 Å². The zero-order valence-electron chi connectivity index (χ0n) is 6.04. The van der Waals surface area contributed by atoms with Gasteiger partial charge in [0.25, 0.3) is 0 Å². The Hall–Kier alpha value is 0.370. The number of carbonyl (C=O) groups is 1. The summed E-state index contributed by atoms with van der Waals surface area (Å²) < 4.78 is 0. The summed E-state index contributed by atoms with van der Waals surface area (Å²) in [6, 6.07) is 0. The molecule has 2 unspecified atom stereocenters. The fourth-order valence-corrected chi connectivity index (χ4v) is 2.29. The van der Waals surface area contributed by atoms with Crippen molar-refractivity contribution in [2.45, 2.75) is 24.5 Å². The van der Waals surface area contributed by atoms with Crippen LogP contribution in [0, 0.1) is 5.92 Å². The monoisotopic (exact) mass is 176 g/mol. The molecule has 0 N–H and O–H groups in total. The highest BCUT2D eigenvalue weighted by Crippen LogP contribution is 2.31. The van der Waals surface area contributed by atoms with Gasteiger partial charge < -0.3 is 0 Å². The van der Waals surface area contributed by atoms with E-state index in [4.69, 9.17) is 0 Å². The normalized spacial score (nSPS) is 32.6. The van der Waals surface area contributed by atoms with E-state index >= 15 is 0 Å². The van der Waals surface area contributed by atoms with E-state index in [1.807, 2.05) is 6.26 Å². The molecule has 0 amide bonds. The lowest BCUT2D eigenvalue weighted by atomic mass is 10.1. The van der Waals surface area contributed by atoms with E-state index in [9.17, 15) is 4.79 Å². The number of hydrogen-bond acceptors (Lipinski definition) is 3. The largest absolute Gasteiger partial charge is 0.287 e. The van der Waals surface area contributed by atoms with Gasteiger partial charge in [0.2, 0.25) is 0 Å². The first kappa shape index (κ1) is 8.47. The second-order valence-electron chi connectivity index (χ2n) is 2.69. The molecular formula is C7H12OS2. The van der Waals surface area contributed by atoms with Crippen molar-refractivity contribution >= 4 is 29.5 Å². The third-order valence-corrected chi connectivity index (χ3v) is 3.14. The van der Waals surface area contributed by atoms with Gasteiger partial charge in [-0.25, -0.2) is 0 Å². The van der Waals surface area contributed by atoms with Crippen molar-refractivity contribution in [2.24, 2.45) is 5.92 Å². The molecule has 0 saturated heterocycles. The van der Waals surface area contributed by atoms with Crippen LogP contribution >= 0.6 is 24.4 Å². The number of carbonyl (C=O) groups excluding carboxylic acids is 1. The minimum atomic E-state index is 0.303. The molecule has 58 valence electrons. The summed E-state index contributed by atoms with van der Waals surface area (Å²) >= 11 is 5.67. The topological polar surface area (TPSA) is 17.1 Å². The number of thioether (sulfide) groups is 1. The zero-order valence-corrected chi connectivity index (χ0v) is 7.75.